The van der Waals surface area contributed by atoms with E-state index >= 15 is 0 Å². The van der Waals surface area contributed by atoms with E-state index in [2.05, 4.69) is 0 Å². The van der Waals surface area contributed by atoms with Gasteiger partial charge in [0.25, 0.3) is 5.69 Å². The zero-order valence-corrected chi connectivity index (χ0v) is 22.1. The third kappa shape index (κ3) is 5.19. The largest absolute Gasteiger partial charge is 0.508 e. The van der Waals surface area contributed by atoms with Crippen LogP contribution < -0.4 is 4.90 Å². The van der Waals surface area contributed by atoms with Crippen LogP contribution in [-0.2, 0) is 14.2 Å². The van der Waals surface area contributed by atoms with E-state index in [1.807, 2.05) is 25.1 Å². The topological polar surface area (TPSA) is 150 Å². The number of phenolic OH excluding ortho intramolecular Hbond substituents is 1. The SMILES string of the molecule is CC/C(=C\c1ccc(O)cc1)CC[C@H]1OB(O)C[C@H]2C1=C(CO)C[C@H]1C(=O)N(c3cccc([N+](=O)[O-])c3)C(=O)[C@H]12. The van der Waals surface area contributed by atoms with Gasteiger partial charge in [-0.25, -0.2) is 4.90 Å². The molecule has 10 nitrogen and oxygen atoms in total. The van der Waals surface area contributed by atoms with E-state index in [0.29, 0.717) is 18.4 Å². The Morgan fingerprint density at radius 1 is 1.18 bits per heavy atom. The summed E-state index contributed by atoms with van der Waals surface area (Å²) < 4.78 is 5.95. The number of anilines is 1. The van der Waals surface area contributed by atoms with Crippen LogP contribution in [0.2, 0.25) is 6.32 Å². The molecular weight excluding hydrogens is 515 g/mol. The number of benzene rings is 2. The van der Waals surface area contributed by atoms with Gasteiger partial charge in [0, 0.05) is 12.1 Å². The molecule has 2 heterocycles. The summed E-state index contributed by atoms with van der Waals surface area (Å²) in [5.41, 5.74) is 3.42. The summed E-state index contributed by atoms with van der Waals surface area (Å²) in [5, 5.41) is 41.9. The number of carbonyl (C=O) groups excluding carboxylic acids is 2. The van der Waals surface area contributed by atoms with Crippen LogP contribution in [0.4, 0.5) is 11.4 Å². The van der Waals surface area contributed by atoms with E-state index in [1.165, 1.54) is 24.3 Å². The van der Waals surface area contributed by atoms with E-state index < -0.39 is 47.7 Å². The van der Waals surface area contributed by atoms with E-state index in [9.17, 15) is 34.9 Å². The van der Waals surface area contributed by atoms with Gasteiger partial charge in [0.2, 0.25) is 11.8 Å². The maximum Gasteiger partial charge on any atom is 0.455 e. The number of hydrogen-bond acceptors (Lipinski definition) is 8. The fourth-order valence-electron chi connectivity index (χ4n) is 6.38. The monoisotopic (exact) mass is 546 g/mol. The molecule has 3 aliphatic rings. The van der Waals surface area contributed by atoms with Gasteiger partial charge in [-0.1, -0.05) is 36.8 Å². The van der Waals surface area contributed by atoms with Crippen molar-refractivity contribution < 1.29 is 34.4 Å². The third-order valence-corrected chi connectivity index (χ3v) is 8.24. The zero-order chi connectivity index (χ0) is 28.6. The van der Waals surface area contributed by atoms with E-state index in [1.54, 1.807) is 12.1 Å². The molecule has 4 atom stereocenters. The van der Waals surface area contributed by atoms with Gasteiger partial charge in [0.15, 0.2) is 0 Å². The lowest BCUT2D eigenvalue weighted by molar-refractivity contribution is -0.384. The molecule has 5 rings (SSSR count). The van der Waals surface area contributed by atoms with Crippen LogP contribution in [0.1, 0.15) is 38.2 Å². The molecular formula is C29H31BN2O8. The second-order valence-electron chi connectivity index (χ2n) is 10.6. The van der Waals surface area contributed by atoms with Crippen LogP contribution in [-0.4, -0.2) is 51.8 Å². The quantitative estimate of drug-likeness (QED) is 0.149. The number of nitro benzene ring substituents is 1. The number of amides is 2. The molecule has 2 saturated heterocycles. The highest BCUT2D eigenvalue weighted by molar-refractivity contribution is 6.43. The number of aliphatic hydroxyl groups excluding tert-OH is 1. The molecule has 3 N–H and O–H groups in total. The first kappa shape index (κ1) is 27.8. The second-order valence-corrected chi connectivity index (χ2v) is 10.6. The number of fused-ring (bicyclic) bond motifs is 3. The highest BCUT2D eigenvalue weighted by atomic mass is 16.6. The van der Waals surface area contributed by atoms with Crippen LogP contribution >= 0.6 is 0 Å². The summed E-state index contributed by atoms with van der Waals surface area (Å²) in [5.74, 6) is -2.70. The molecule has 0 bridgehead atoms. The van der Waals surface area contributed by atoms with E-state index in [0.717, 1.165) is 28.0 Å². The summed E-state index contributed by atoms with van der Waals surface area (Å²) in [6, 6.07) is 12.3. The van der Waals surface area contributed by atoms with Crippen molar-refractivity contribution in [2.24, 2.45) is 17.8 Å². The van der Waals surface area contributed by atoms with Gasteiger partial charge in [0.1, 0.15) is 5.75 Å². The van der Waals surface area contributed by atoms with Crippen LogP contribution in [0.3, 0.4) is 0 Å². The number of non-ortho nitro benzene ring substituents is 1. The first-order valence-electron chi connectivity index (χ1n) is 13.5. The molecule has 40 heavy (non-hydrogen) atoms. The molecule has 1 aliphatic carbocycles. The van der Waals surface area contributed by atoms with Crippen molar-refractivity contribution in [3.05, 3.63) is 80.9 Å². The highest BCUT2D eigenvalue weighted by Gasteiger charge is 2.57. The lowest BCUT2D eigenvalue weighted by atomic mass is 9.58. The minimum absolute atomic E-state index is 0.113. The van der Waals surface area contributed by atoms with Gasteiger partial charge in [0.05, 0.1) is 35.2 Å². The Morgan fingerprint density at radius 3 is 2.60 bits per heavy atom. The van der Waals surface area contributed by atoms with Crippen molar-refractivity contribution in [1.82, 2.24) is 0 Å². The molecule has 2 amide bonds. The number of nitro groups is 1. The highest BCUT2D eigenvalue weighted by Crippen LogP contribution is 2.51. The Kier molecular flexibility index (Phi) is 7.89. The van der Waals surface area contributed by atoms with Crippen LogP contribution in [0.15, 0.2) is 65.3 Å². The summed E-state index contributed by atoms with van der Waals surface area (Å²) in [6.45, 7) is 1.74. The number of imide groups is 1. The molecule has 208 valence electrons. The van der Waals surface area contributed by atoms with Gasteiger partial charge in [-0.15, -0.1) is 0 Å². The number of allylic oxidation sites excluding steroid dienone is 1. The fourth-order valence-corrected chi connectivity index (χ4v) is 6.38. The Bertz CT molecular complexity index is 1390. The first-order valence-corrected chi connectivity index (χ1v) is 13.5. The Hall–Kier alpha value is -3.80. The molecule has 0 unspecified atom stereocenters. The zero-order valence-electron chi connectivity index (χ0n) is 22.1. The molecule has 2 aromatic rings. The van der Waals surface area contributed by atoms with Crippen molar-refractivity contribution in [1.29, 1.82) is 0 Å². The summed E-state index contributed by atoms with van der Waals surface area (Å²) in [7, 11) is -1.14. The number of carbonyl (C=O) groups is 2. The molecule has 11 heteroatoms. The van der Waals surface area contributed by atoms with Gasteiger partial charge < -0.3 is 19.9 Å². The number of rotatable bonds is 8. The average Bonchev–Trinajstić information content (AvgIpc) is 3.20. The molecule has 0 aromatic heterocycles. The average molecular weight is 546 g/mol. The standard InChI is InChI=1S/C29H31BN2O8/c1-2-17(12-18-6-9-22(34)10-7-18)8-11-25-26-19(16-33)13-23-27(24(26)15-30(37)40-25)29(36)31(28(23)35)20-4-3-5-21(14-20)32(38)39/h3-7,9-10,12,14,23-25,27,33-34,37H,2,8,11,13,15-16H2,1H3/b17-12+/t23-,24+,25-,27-/m1/s1. The maximum absolute atomic E-state index is 13.7. The van der Waals surface area contributed by atoms with Crippen molar-refractivity contribution >= 4 is 36.4 Å². The van der Waals surface area contributed by atoms with Gasteiger partial charge in [-0.2, -0.15) is 0 Å². The van der Waals surface area contributed by atoms with Gasteiger partial charge in [-0.05, 0) is 72.8 Å². The summed E-state index contributed by atoms with van der Waals surface area (Å²) >= 11 is 0. The molecule has 0 spiro atoms. The number of phenols is 1. The Balaban J connectivity index is 1.42. The van der Waals surface area contributed by atoms with Crippen molar-refractivity contribution in [3.8, 4) is 5.75 Å². The van der Waals surface area contributed by atoms with Crippen LogP contribution in [0.5, 0.6) is 5.75 Å². The predicted molar refractivity (Wildman–Crippen MR) is 148 cm³/mol. The minimum atomic E-state index is -1.14. The van der Waals surface area contributed by atoms with Crippen molar-refractivity contribution in [2.75, 3.05) is 11.5 Å². The fraction of sp³-hybridized carbons (Fsp3) is 0.379. The molecule has 2 fully saturated rings. The lowest BCUT2D eigenvalue weighted by Crippen LogP contribution is -2.46. The molecule has 0 saturated carbocycles. The normalized spacial score (nSPS) is 24.8. The summed E-state index contributed by atoms with van der Waals surface area (Å²) in [6.07, 6.45) is 3.74. The van der Waals surface area contributed by atoms with E-state index in [-0.39, 0.29) is 36.5 Å². The number of aromatic hydroxyl groups is 1. The third-order valence-electron chi connectivity index (χ3n) is 8.24. The molecule has 2 aromatic carbocycles. The predicted octanol–water partition coefficient (Wildman–Crippen LogP) is 3.87. The van der Waals surface area contributed by atoms with Crippen molar-refractivity contribution in [2.45, 2.75) is 45.0 Å². The molecule has 0 radical (unpaired) electrons. The van der Waals surface area contributed by atoms with E-state index in [4.69, 9.17) is 4.65 Å². The maximum atomic E-state index is 13.7. The first-order chi connectivity index (χ1) is 19.2. The van der Waals surface area contributed by atoms with Crippen LogP contribution in [0.25, 0.3) is 6.08 Å². The molecule has 2 aliphatic heterocycles. The van der Waals surface area contributed by atoms with Crippen LogP contribution in [0, 0.1) is 27.9 Å². The lowest BCUT2D eigenvalue weighted by Gasteiger charge is -2.43. The number of aliphatic hydroxyl groups is 1. The Morgan fingerprint density at radius 2 is 1.93 bits per heavy atom. The van der Waals surface area contributed by atoms with Gasteiger partial charge in [-0.3, -0.25) is 19.7 Å². The van der Waals surface area contributed by atoms with Gasteiger partial charge >= 0.3 is 7.12 Å². The number of nitrogens with zero attached hydrogens (tertiary/aromatic N) is 2. The minimum Gasteiger partial charge on any atom is -0.508 e. The Labute approximate surface area is 231 Å². The number of hydrogen-bond donors (Lipinski definition) is 3. The second kappa shape index (κ2) is 11.4. The summed E-state index contributed by atoms with van der Waals surface area (Å²) in [4.78, 5) is 39.0. The van der Waals surface area contributed by atoms with Crippen molar-refractivity contribution in [3.63, 3.8) is 0 Å². The smallest absolute Gasteiger partial charge is 0.455 e.